The summed E-state index contributed by atoms with van der Waals surface area (Å²) in [4.78, 5) is 3.86. The summed E-state index contributed by atoms with van der Waals surface area (Å²) in [6.45, 7) is 0. The van der Waals surface area contributed by atoms with Crippen molar-refractivity contribution in [2.75, 3.05) is 0 Å². The molecule has 1 aromatic carbocycles. The van der Waals surface area contributed by atoms with Crippen LogP contribution in [0.15, 0.2) is 28.1 Å². The van der Waals surface area contributed by atoms with Gasteiger partial charge in [-0.2, -0.15) is 17.6 Å². The van der Waals surface area contributed by atoms with Crippen molar-refractivity contribution in [2.45, 2.75) is 15.1 Å². The van der Waals surface area contributed by atoms with Gasteiger partial charge in [0.1, 0.15) is 16.0 Å². The van der Waals surface area contributed by atoms with E-state index >= 15 is 0 Å². The average Bonchev–Trinajstić information content (AvgIpc) is 2.68. The number of aromatic nitrogens is 2. The number of hydrogen-bond acceptors (Lipinski definition) is 2. The van der Waals surface area contributed by atoms with Crippen molar-refractivity contribution in [1.29, 1.82) is 0 Å². The summed E-state index contributed by atoms with van der Waals surface area (Å²) in [5.74, 6) is 0. The van der Waals surface area contributed by atoms with E-state index in [0.717, 1.165) is 12.1 Å². The standard InChI is InChI=1S/C11H3BrCl4F4N2S/c12-8-9(23-11(15,16)20)21-3-22(8)7-5(13)1-4(2-6(7)14)10(17,18)19/h1-3H. The third-order valence-corrected chi connectivity index (χ3v) is 5.26. The number of imidazole rings is 1. The zero-order chi connectivity index (χ0) is 17.6. The molecule has 0 amide bonds. The first-order valence-electron chi connectivity index (χ1n) is 5.45. The second kappa shape index (κ2) is 6.80. The van der Waals surface area contributed by atoms with Gasteiger partial charge in [0.25, 0.3) is 0 Å². The molecule has 0 spiro atoms. The number of nitrogens with zero attached hydrogens (tertiary/aromatic N) is 2. The third-order valence-electron chi connectivity index (χ3n) is 2.48. The molecule has 23 heavy (non-hydrogen) atoms. The Kier molecular flexibility index (Phi) is 5.76. The van der Waals surface area contributed by atoms with E-state index in [9.17, 15) is 17.6 Å². The predicted molar refractivity (Wildman–Crippen MR) is 87.7 cm³/mol. The van der Waals surface area contributed by atoms with Crippen LogP contribution in [-0.4, -0.2) is 13.5 Å². The second-order valence-electron chi connectivity index (χ2n) is 4.04. The molecule has 2 aromatic rings. The Balaban J connectivity index is 2.52. The van der Waals surface area contributed by atoms with Crippen LogP contribution in [0.2, 0.25) is 10.0 Å². The fraction of sp³-hybridized carbons (Fsp3) is 0.182. The molecule has 0 bridgehead atoms. The van der Waals surface area contributed by atoms with Gasteiger partial charge in [0, 0.05) is 0 Å². The van der Waals surface area contributed by atoms with Crippen LogP contribution in [0.5, 0.6) is 0 Å². The van der Waals surface area contributed by atoms with Gasteiger partial charge in [-0.3, -0.25) is 4.57 Å². The summed E-state index contributed by atoms with van der Waals surface area (Å²) < 4.78 is 50.2. The van der Waals surface area contributed by atoms with Gasteiger partial charge in [-0.25, -0.2) is 4.98 Å². The maximum Gasteiger partial charge on any atom is 0.416 e. The van der Waals surface area contributed by atoms with Gasteiger partial charge in [0.05, 0.1) is 21.3 Å². The van der Waals surface area contributed by atoms with E-state index in [1.165, 1.54) is 10.9 Å². The summed E-state index contributed by atoms with van der Waals surface area (Å²) >= 11 is 25.8. The number of hydrogen-bond donors (Lipinski definition) is 0. The molecule has 12 heteroatoms. The van der Waals surface area contributed by atoms with Gasteiger partial charge in [-0.05, 0) is 39.8 Å². The number of rotatable bonds is 3. The highest BCUT2D eigenvalue weighted by molar-refractivity contribution is 9.10. The molecule has 2 nitrogen and oxygen atoms in total. The molecule has 2 rings (SSSR count). The molecule has 0 fully saturated rings. The monoisotopic (exact) mass is 490 g/mol. The zero-order valence-corrected chi connectivity index (χ0v) is 15.9. The SMILES string of the molecule is FC(Cl)(Cl)Sc1ncn(-c2c(Cl)cc(C(F)(F)F)cc2Cl)c1Br. The summed E-state index contributed by atoms with van der Waals surface area (Å²) in [7, 11) is 0. The van der Waals surface area contributed by atoms with Crippen LogP contribution in [0, 0.1) is 0 Å². The topological polar surface area (TPSA) is 17.8 Å². The van der Waals surface area contributed by atoms with Crippen LogP contribution in [-0.2, 0) is 6.18 Å². The molecular weight excluding hydrogens is 490 g/mol. The molecule has 126 valence electrons. The van der Waals surface area contributed by atoms with Gasteiger partial charge in [-0.15, -0.1) is 0 Å². The first kappa shape index (κ1) is 19.5. The van der Waals surface area contributed by atoms with E-state index < -0.39 is 15.7 Å². The largest absolute Gasteiger partial charge is 0.416 e. The average molecular weight is 493 g/mol. The maximum atomic E-state index is 13.3. The van der Waals surface area contributed by atoms with E-state index in [-0.39, 0.29) is 25.4 Å². The molecule has 0 saturated carbocycles. The van der Waals surface area contributed by atoms with Gasteiger partial charge < -0.3 is 0 Å². The fourth-order valence-corrected chi connectivity index (χ4v) is 3.83. The van der Waals surface area contributed by atoms with Crippen LogP contribution in [0.1, 0.15) is 5.56 Å². The highest BCUT2D eigenvalue weighted by Crippen LogP contribution is 2.45. The van der Waals surface area contributed by atoms with Crippen molar-refractivity contribution in [3.05, 3.63) is 38.7 Å². The molecule has 0 radical (unpaired) electrons. The smallest absolute Gasteiger partial charge is 0.289 e. The van der Waals surface area contributed by atoms with Gasteiger partial charge in [0.15, 0.2) is 0 Å². The van der Waals surface area contributed by atoms with Gasteiger partial charge in [0.2, 0.25) is 0 Å². The minimum absolute atomic E-state index is 0.0427. The summed E-state index contributed by atoms with van der Waals surface area (Å²) in [5.41, 5.74) is -0.951. The number of halogens is 9. The van der Waals surface area contributed by atoms with Gasteiger partial charge >= 0.3 is 10.1 Å². The van der Waals surface area contributed by atoms with Crippen LogP contribution < -0.4 is 0 Å². The molecule has 0 aliphatic carbocycles. The summed E-state index contributed by atoms with van der Waals surface area (Å²) in [5, 5.41) is -0.463. The number of thioether (sulfide) groups is 1. The maximum absolute atomic E-state index is 13.3. The Labute approximate surface area is 160 Å². The molecule has 0 aliphatic rings. The molecule has 0 saturated heterocycles. The Hall–Kier alpha value is 0.140. The van der Waals surface area contributed by atoms with Gasteiger partial charge in [-0.1, -0.05) is 46.4 Å². The quantitative estimate of drug-likeness (QED) is 0.258. The van der Waals surface area contributed by atoms with Crippen LogP contribution in [0.3, 0.4) is 0 Å². The first-order chi connectivity index (χ1) is 10.4. The van der Waals surface area contributed by atoms with Crippen LogP contribution in [0.25, 0.3) is 5.69 Å². The van der Waals surface area contributed by atoms with E-state index in [2.05, 4.69) is 20.9 Å². The zero-order valence-electron chi connectivity index (χ0n) is 10.4. The molecule has 0 aliphatic heterocycles. The van der Waals surface area contributed by atoms with E-state index in [1.807, 2.05) is 0 Å². The summed E-state index contributed by atoms with van der Waals surface area (Å²) in [6.07, 6.45) is -3.41. The van der Waals surface area contributed by atoms with Crippen molar-refractivity contribution in [2.24, 2.45) is 0 Å². The van der Waals surface area contributed by atoms with Crippen molar-refractivity contribution in [3.8, 4) is 5.69 Å². The van der Waals surface area contributed by atoms with E-state index in [4.69, 9.17) is 46.4 Å². The Bertz CT molecular complexity index is 722. The molecule has 1 aromatic heterocycles. The van der Waals surface area contributed by atoms with E-state index in [1.54, 1.807) is 0 Å². The Morgan fingerprint density at radius 2 is 1.61 bits per heavy atom. The van der Waals surface area contributed by atoms with Crippen molar-refractivity contribution in [1.82, 2.24) is 9.55 Å². The predicted octanol–water partition coefficient (Wildman–Crippen LogP) is 7.11. The molecule has 1 heterocycles. The molecular formula is C11H3BrCl4F4N2S. The van der Waals surface area contributed by atoms with E-state index in [0.29, 0.717) is 11.8 Å². The Morgan fingerprint density at radius 1 is 1.09 bits per heavy atom. The molecule has 0 unspecified atom stereocenters. The highest BCUT2D eigenvalue weighted by Gasteiger charge is 2.33. The van der Waals surface area contributed by atoms with Crippen molar-refractivity contribution >= 4 is 74.1 Å². The number of alkyl halides is 6. The lowest BCUT2D eigenvalue weighted by Crippen LogP contribution is -2.06. The lowest BCUT2D eigenvalue weighted by Gasteiger charge is -2.14. The highest BCUT2D eigenvalue weighted by atomic mass is 79.9. The molecule has 0 N–H and O–H groups in total. The minimum Gasteiger partial charge on any atom is -0.289 e. The Morgan fingerprint density at radius 3 is 2.04 bits per heavy atom. The summed E-state index contributed by atoms with van der Waals surface area (Å²) in [6, 6.07) is 1.45. The second-order valence-corrected chi connectivity index (χ2v) is 8.45. The fourth-order valence-electron chi connectivity index (χ4n) is 1.61. The lowest BCUT2D eigenvalue weighted by atomic mass is 10.2. The lowest BCUT2D eigenvalue weighted by molar-refractivity contribution is -0.137. The van der Waals surface area contributed by atoms with Crippen LogP contribution >= 0.6 is 74.1 Å². The normalized spacial score (nSPS) is 12.7. The first-order valence-corrected chi connectivity index (χ1v) is 8.57. The van der Waals surface area contributed by atoms with Crippen molar-refractivity contribution < 1.29 is 17.6 Å². The molecule has 0 atom stereocenters. The van der Waals surface area contributed by atoms with Crippen LogP contribution in [0.4, 0.5) is 17.6 Å². The van der Waals surface area contributed by atoms with Crippen molar-refractivity contribution in [3.63, 3.8) is 0 Å². The third kappa shape index (κ3) is 4.61. The number of benzene rings is 1. The minimum atomic E-state index is -4.59.